The van der Waals surface area contributed by atoms with Crippen LogP contribution in [0.15, 0.2) is 22.8 Å². The number of pyridine rings is 1. The summed E-state index contributed by atoms with van der Waals surface area (Å²) < 4.78 is 0.713. The lowest BCUT2D eigenvalue weighted by atomic mass is 9.82. The van der Waals surface area contributed by atoms with Crippen molar-refractivity contribution < 1.29 is 4.79 Å². The molecule has 8 nitrogen and oxygen atoms in total. The average Bonchev–Trinajstić information content (AvgIpc) is 3.37. The van der Waals surface area contributed by atoms with E-state index in [9.17, 15) is 4.79 Å². The largest absolute Gasteiger partial charge is 0.363 e. The number of hydrogen-bond acceptors (Lipinski definition) is 9. The van der Waals surface area contributed by atoms with Crippen molar-refractivity contribution in [3.63, 3.8) is 0 Å². The quantitative estimate of drug-likeness (QED) is 0.495. The maximum absolute atomic E-state index is 12.3. The highest BCUT2D eigenvalue weighted by molar-refractivity contribution is 9.10. The Morgan fingerprint density at radius 3 is 2.45 bits per heavy atom. The van der Waals surface area contributed by atoms with E-state index in [0.29, 0.717) is 27.3 Å². The van der Waals surface area contributed by atoms with E-state index in [-0.39, 0.29) is 12.3 Å². The van der Waals surface area contributed by atoms with Gasteiger partial charge in [-0.15, -0.1) is 20.4 Å². The molecule has 4 rings (SSSR count). The van der Waals surface area contributed by atoms with Gasteiger partial charge in [0, 0.05) is 18.9 Å². The minimum atomic E-state index is -0.145. The van der Waals surface area contributed by atoms with Gasteiger partial charge >= 0.3 is 0 Å². The van der Waals surface area contributed by atoms with Crippen LogP contribution >= 0.6 is 38.6 Å². The first-order valence-electron chi connectivity index (χ1n) is 9.36. The molecule has 1 amide bonds. The lowest BCUT2D eigenvalue weighted by Crippen LogP contribution is -2.15. The van der Waals surface area contributed by atoms with Crippen molar-refractivity contribution in [3.8, 4) is 0 Å². The standard InChI is InChI=1S/C18H20BrN7OS2/c1-20-17-25-23-15(28-17)10-4-2-5-11(8-10)16-24-26-18(29-16)22-14(27)9-12-6-3-7-13(19)21-12/h3,6-7,10-11H,2,4-5,8-9H2,1H3,(H,20,25)(H,22,26,27). The van der Waals surface area contributed by atoms with Crippen LogP contribution in [0.4, 0.5) is 10.3 Å². The Labute approximate surface area is 184 Å². The molecule has 3 aromatic rings. The summed E-state index contributed by atoms with van der Waals surface area (Å²) in [7, 11) is 1.86. The summed E-state index contributed by atoms with van der Waals surface area (Å²) >= 11 is 6.40. The molecule has 152 valence electrons. The van der Waals surface area contributed by atoms with Crippen molar-refractivity contribution in [2.75, 3.05) is 17.7 Å². The van der Waals surface area contributed by atoms with Crippen LogP contribution in [0.2, 0.25) is 0 Å². The molecule has 3 heterocycles. The van der Waals surface area contributed by atoms with Crippen LogP contribution in [0, 0.1) is 0 Å². The molecular weight excluding hydrogens is 474 g/mol. The number of nitrogens with zero attached hydrogens (tertiary/aromatic N) is 5. The van der Waals surface area contributed by atoms with Gasteiger partial charge in [-0.1, -0.05) is 35.2 Å². The van der Waals surface area contributed by atoms with Crippen LogP contribution in [-0.4, -0.2) is 38.3 Å². The number of aromatic nitrogens is 5. The molecular formula is C18H20BrN7OS2. The number of nitrogens with one attached hydrogen (secondary N) is 2. The molecule has 0 saturated heterocycles. The molecule has 0 aromatic carbocycles. The fourth-order valence-corrected chi connectivity index (χ4v) is 5.60. The maximum Gasteiger partial charge on any atom is 0.232 e. The third kappa shape index (κ3) is 5.14. The van der Waals surface area contributed by atoms with Crippen molar-refractivity contribution in [2.24, 2.45) is 0 Å². The summed E-state index contributed by atoms with van der Waals surface area (Å²) in [5, 5.41) is 26.4. The Bertz CT molecular complexity index is 992. The molecule has 0 bridgehead atoms. The van der Waals surface area contributed by atoms with E-state index in [1.165, 1.54) is 11.3 Å². The number of amides is 1. The van der Waals surface area contributed by atoms with Gasteiger partial charge in [0.25, 0.3) is 0 Å². The highest BCUT2D eigenvalue weighted by atomic mass is 79.9. The molecule has 0 spiro atoms. The van der Waals surface area contributed by atoms with Crippen LogP contribution < -0.4 is 10.6 Å². The van der Waals surface area contributed by atoms with E-state index in [0.717, 1.165) is 40.8 Å². The van der Waals surface area contributed by atoms with Crippen molar-refractivity contribution in [3.05, 3.63) is 38.5 Å². The Balaban J connectivity index is 1.37. The molecule has 1 aliphatic carbocycles. The smallest absolute Gasteiger partial charge is 0.232 e. The fraction of sp³-hybridized carbons (Fsp3) is 0.444. The third-order valence-corrected chi connectivity index (χ3v) is 7.37. The summed E-state index contributed by atoms with van der Waals surface area (Å²) in [6, 6.07) is 5.52. The van der Waals surface area contributed by atoms with E-state index in [2.05, 4.69) is 51.9 Å². The van der Waals surface area contributed by atoms with Crippen molar-refractivity contribution >= 4 is 54.8 Å². The second kappa shape index (κ2) is 9.23. The number of anilines is 2. The molecule has 1 fully saturated rings. The highest BCUT2D eigenvalue weighted by Gasteiger charge is 2.29. The zero-order valence-corrected chi connectivity index (χ0v) is 19.0. The lowest BCUT2D eigenvalue weighted by Gasteiger charge is -2.25. The van der Waals surface area contributed by atoms with Gasteiger partial charge in [0.05, 0.1) is 12.1 Å². The fourth-order valence-electron chi connectivity index (χ4n) is 3.47. The predicted molar refractivity (Wildman–Crippen MR) is 118 cm³/mol. The van der Waals surface area contributed by atoms with Gasteiger partial charge in [0.2, 0.25) is 16.2 Å². The Kier molecular flexibility index (Phi) is 6.46. The molecule has 29 heavy (non-hydrogen) atoms. The van der Waals surface area contributed by atoms with Gasteiger partial charge in [-0.2, -0.15) is 0 Å². The van der Waals surface area contributed by atoms with Crippen LogP contribution in [0.1, 0.15) is 53.2 Å². The number of hydrogen-bond donors (Lipinski definition) is 2. The first kappa shape index (κ1) is 20.3. The summed E-state index contributed by atoms with van der Waals surface area (Å²) in [6.45, 7) is 0. The molecule has 1 aliphatic rings. The molecule has 1 saturated carbocycles. The summed E-state index contributed by atoms with van der Waals surface area (Å²) in [5.74, 6) is 0.594. The normalized spacial score (nSPS) is 19.1. The third-order valence-electron chi connectivity index (χ3n) is 4.83. The van der Waals surface area contributed by atoms with Gasteiger partial charge in [-0.25, -0.2) is 4.98 Å². The highest BCUT2D eigenvalue weighted by Crippen LogP contribution is 2.43. The molecule has 2 N–H and O–H groups in total. The van der Waals surface area contributed by atoms with Gasteiger partial charge in [-0.05, 0) is 47.3 Å². The van der Waals surface area contributed by atoms with E-state index in [1.54, 1.807) is 11.3 Å². The summed E-state index contributed by atoms with van der Waals surface area (Å²) in [4.78, 5) is 16.6. The molecule has 11 heteroatoms. The first-order chi connectivity index (χ1) is 14.1. The van der Waals surface area contributed by atoms with E-state index < -0.39 is 0 Å². The summed E-state index contributed by atoms with van der Waals surface area (Å²) in [5.41, 5.74) is 0.703. The first-order valence-corrected chi connectivity index (χ1v) is 11.8. The monoisotopic (exact) mass is 493 g/mol. The average molecular weight is 494 g/mol. The van der Waals surface area contributed by atoms with Crippen molar-refractivity contribution in [2.45, 2.75) is 43.9 Å². The minimum Gasteiger partial charge on any atom is -0.363 e. The van der Waals surface area contributed by atoms with Gasteiger partial charge in [-0.3, -0.25) is 4.79 Å². The summed E-state index contributed by atoms with van der Waals surface area (Å²) in [6.07, 6.45) is 4.52. The van der Waals surface area contributed by atoms with Crippen LogP contribution in [0.25, 0.3) is 0 Å². The Hall–Kier alpha value is -1.98. The zero-order valence-electron chi connectivity index (χ0n) is 15.8. The second-order valence-corrected chi connectivity index (χ2v) is 9.71. The van der Waals surface area contributed by atoms with Gasteiger partial charge in [0.1, 0.15) is 14.6 Å². The van der Waals surface area contributed by atoms with E-state index in [1.807, 2.05) is 25.2 Å². The zero-order chi connectivity index (χ0) is 20.2. The number of halogens is 1. The van der Waals surface area contributed by atoms with Crippen LogP contribution in [-0.2, 0) is 11.2 Å². The maximum atomic E-state index is 12.3. The minimum absolute atomic E-state index is 0.145. The van der Waals surface area contributed by atoms with Gasteiger partial charge in [0.15, 0.2) is 0 Å². The molecule has 0 aliphatic heterocycles. The molecule has 0 radical (unpaired) electrons. The van der Waals surface area contributed by atoms with Crippen molar-refractivity contribution in [1.82, 2.24) is 25.4 Å². The number of carbonyl (C=O) groups excluding carboxylic acids is 1. The predicted octanol–water partition coefficient (Wildman–Crippen LogP) is 4.21. The van der Waals surface area contributed by atoms with Crippen LogP contribution in [0.5, 0.6) is 0 Å². The topological polar surface area (TPSA) is 106 Å². The molecule has 2 unspecified atom stereocenters. The van der Waals surface area contributed by atoms with E-state index >= 15 is 0 Å². The Morgan fingerprint density at radius 2 is 1.79 bits per heavy atom. The molecule has 2 atom stereocenters. The number of rotatable bonds is 6. The van der Waals surface area contributed by atoms with E-state index in [4.69, 9.17) is 0 Å². The Morgan fingerprint density at radius 1 is 1.10 bits per heavy atom. The van der Waals surface area contributed by atoms with Crippen LogP contribution in [0.3, 0.4) is 0 Å². The lowest BCUT2D eigenvalue weighted by molar-refractivity contribution is -0.115. The second-order valence-electron chi connectivity index (χ2n) is 6.88. The van der Waals surface area contributed by atoms with Crippen molar-refractivity contribution in [1.29, 1.82) is 0 Å². The number of carbonyl (C=O) groups is 1. The van der Waals surface area contributed by atoms with Gasteiger partial charge < -0.3 is 10.6 Å². The molecule has 3 aromatic heterocycles. The SMILES string of the molecule is CNc1nnc(C2CCCC(c3nnc(NC(=O)Cc4cccc(Br)n4)s3)C2)s1.